The number of hydrogen-bond acceptors (Lipinski definition) is 5. The second kappa shape index (κ2) is 13.1. The van der Waals surface area contributed by atoms with Crippen LogP contribution in [-0.4, -0.2) is 71.8 Å². The van der Waals surface area contributed by atoms with Crippen molar-refractivity contribution in [2.45, 2.75) is 12.8 Å². The maximum atomic E-state index is 12.1. The molecular weight excluding hydrogens is 408 g/mol. The molecule has 2 aromatic carbocycles. The Morgan fingerprint density at radius 3 is 2.25 bits per heavy atom. The molecule has 0 heterocycles. The molecule has 0 bridgehead atoms. The lowest BCUT2D eigenvalue weighted by atomic mass is 10.1. The number of carbonyl (C=O) groups is 1. The van der Waals surface area contributed by atoms with E-state index in [-0.39, 0.29) is 5.91 Å². The van der Waals surface area contributed by atoms with Gasteiger partial charge in [0.1, 0.15) is 17.2 Å². The van der Waals surface area contributed by atoms with Crippen molar-refractivity contribution in [3.8, 4) is 17.2 Å². The summed E-state index contributed by atoms with van der Waals surface area (Å²) in [4.78, 5) is 17.9. The van der Waals surface area contributed by atoms with E-state index in [0.29, 0.717) is 42.5 Å². The third-order valence-corrected chi connectivity index (χ3v) is 4.72. The molecule has 0 aliphatic rings. The van der Waals surface area contributed by atoms with Gasteiger partial charge in [-0.25, -0.2) is 0 Å². The van der Waals surface area contributed by atoms with Crippen LogP contribution in [0.25, 0.3) is 0 Å². The van der Waals surface area contributed by atoms with E-state index in [2.05, 4.69) is 15.6 Å². The van der Waals surface area contributed by atoms with Gasteiger partial charge >= 0.3 is 0 Å². The first-order valence-corrected chi connectivity index (χ1v) is 10.6. The fraction of sp³-hybridized carbons (Fsp3) is 0.417. The average Bonchev–Trinajstić information content (AvgIpc) is 2.81. The van der Waals surface area contributed by atoms with Gasteiger partial charge in [0.05, 0.1) is 20.8 Å². The number of ether oxygens (including phenoxy) is 3. The smallest absolute Gasteiger partial charge is 0.253 e. The summed E-state index contributed by atoms with van der Waals surface area (Å²) >= 11 is 0. The van der Waals surface area contributed by atoms with Crippen molar-refractivity contribution >= 4 is 11.9 Å². The van der Waals surface area contributed by atoms with Crippen LogP contribution in [-0.2, 0) is 6.42 Å². The van der Waals surface area contributed by atoms with Crippen molar-refractivity contribution in [3.63, 3.8) is 0 Å². The van der Waals surface area contributed by atoms with Crippen LogP contribution in [0.5, 0.6) is 17.2 Å². The largest absolute Gasteiger partial charge is 0.496 e. The number of carbonyl (C=O) groups excluding carboxylic acids is 1. The lowest BCUT2D eigenvalue weighted by molar-refractivity contribution is 0.0827. The van der Waals surface area contributed by atoms with Gasteiger partial charge < -0.3 is 29.7 Å². The van der Waals surface area contributed by atoms with E-state index in [1.165, 1.54) is 0 Å². The Balaban J connectivity index is 1.71. The minimum Gasteiger partial charge on any atom is -0.496 e. The van der Waals surface area contributed by atoms with Crippen LogP contribution in [0.1, 0.15) is 22.3 Å². The van der Waals surface area contributed by atoms with E-state index >= 15 is 0 Å². The first-order chi connectivity index (χ1) is 15.5. The third kappa shape index (κ3) is 8.02. The number of nitrogens with zero attached hydrogens (tertiary/aromatic N) is 2. The van der Waals surface area contributed by atoms with E-state index in [0.717, 1.165) is 24.4 Å². The van der Waals surface area contributed by atoms with Crippen LogP contribution >= 0.6 is 0 Å². The lowest BCUT2D eigenvalue weighted by Crippen LogP contribution is -2.39. The van der Waals surface area contributed by atoms with Gasteiger partial charge in [-0.2, -0.15) is 0 Å². The van der Waals surface area contributed by atoms with Gasteiger partial charge in [0.2, 0.25) is 0 Å². The monoisotopic (exact) mass is 442 g/mol. The summed E-state index contributed by atoms with van der Waals surface area (Å²) in [5.74, 6) is 2.83. The molecule has 8 nitrogen and oxygen atoms in total. The molecule has 2 rings (SSSR count). The molecule has 8 heteroatoms. The summed E-state index contributed by atoms with van der Waals surface area (Å²) in [6.45, 7) is 1.97. The summed E-state index contributed by atoms with van der Waals surface area (Å²) in [6, 6.07) is 13.2. The molecule has 0 atom stereocenters. The van der Waals surface area contributed by atoms with Gasteiger partial charge in [-0.3, -0.25) is 9.79 Å². The molecule has 0 aliphatic carbocycles. The van der Waals surface area contributed by atoms with Gasteiger partial charge in [0.15, 0.2) is 5.96 Å². The number of aliphatic imine (C=N–C) groups is 1. The van der Waals surface area contributed by atoms with Crippen molar-refractivity contribution in [2.75, 3.05) is 55.1 Å². The molecule has 32 heavy (non-hydrogen) atoms. The molecular formula is C24H34N4O4. The number of methoxy groups -OCH3 is 2. The van der Waals surface area contributed by atoms with Gasteiger partial charge in [-0.15, -0.1) is 0 Å². The normalized spacial score (nSPS) is 11.0. The maximum Gasteiger partial charge on any atom is 0.253 e. The van der Waals surface area contributed by atoms with Crippen LogP contribution in [0.2, 0.25) is 0 Å². The average molecular weight is 443 g/mol. The predicted molar refractivity (Wildman–Crippen MR) is 127 cm³/mol. The number of nitrogens with one attached hydrogen (secondary N) is 2. The molecule has 0 unspecified atom stereocenters. The molecule has 0 aliphatic heterocycles. The molecule has 0 fully saturated rings. The maximum absolute atomic E-state index is 12.1. The zero-order chi connectivity index (χ0) is 23.3. The number of hydrogen-bond donors (Lipinski definition) is 2. The predicted octanol–water partition coefficient (Wildman–Crippen LogP) is 2.58. The lowest BCUT2D eigenvalue weighted by Gasteiger charge is -2.14. The van der Waals surface area contributed by atoms with Crippen LogP contribution in [0, 0.1) is 0 Å². The number of amides is 1. The van der Waals surface area contributed by atoms with E-state index in [1.807, 2.05) is 36.4 Å². The van der Waals surface area contributed by atoms with E-state index in [9.17, 15) is 4.79 Å². The van der Waals surface area contributed by atoms with Gasteiger partial charge in [-0.1, -0.05) is 12.1 Å². The summed E-state index contributed by atoms with van der Waals surface area (Å²) in [7, 11) is 8.47. The molecule has 1 amide bonds. The molecule has 0 saturated heterocycles. The van der Waals surface area contributed by atoms with Gasteiger partial charge in [0.25, 0.3) is 5.91 Å². The van der Waals surface area contributed by atoms with Crippen molar-refractivity contribution in [2.24, 2.45) is 4.99 Å². The van der Waals surface area contributed by atoms with Crippen LogP contribution in [0.3, 0.4) is 0 Å². The van der Waals surface area contributed by atoms with Crippen molar-refractivity contribution in [1.82, 2.24) is 15.5 Å². The standard InChI is InChI=1S/C24H34N4O4/c1-25-24(27-12-10-18-8-6-9-19(14-18)23(29)28(2)3)26-11-7-13-32-22-16-20(30-4)15-21(17-22)31-5/h6,8-9,14-17H,7,10-13H2,1-5H3,(H2,25,26,27). The Hall–Kier alpha value is -3.42. The highest BCUT2D eigenvalue weighted by molar-refractivity contribution is 5.94. The highest BCUT2D eigenvalue weighted by atomic mass is 16.5. The zero-order valence-corrected chi connectivity index (χ0v) is 19.6. The first-order valence-electron chi connectivity index (χ1n) is 10.6. The Kier molecular flexibility index (Phi) is 10.2. The second-order valence-electron chi connectivity index (χ2n) is 7.33. The number of benzene rings is 2. The second-order valence-corrected chi connectivity index (χ2v) is 7.33. The fourth-order valence-electron chi connectivity index (χ4n) is 3.00. The quantitative estimate of drug-likeness (QED) is 0.316. The van der Waals surface area contributed by atoms with E-state index < -0.39 is 0 Å². The third-order valence-electron chi connectivity index (χ3n) is 4.72. The summed E-state index contributed by atoms with van der Waals surface area (Å²) in [6.07, 6.45) is 1.59. The summed E-state index contributed by atoms with van der Waals surface area (Å²) < 4.78 is 16.3. The topological polar surface area (TPSA) is 84.4 Å². The van der Waals surface area contributed by atoms with Gasteiger partial charge in [0, 0.05) is 58.0 Å². The molecule has 0 aromatic heterocycles. The highest BCUT2D eigenvalue weighted by Crippen LogP contribution is 2.27. The highest BCUT2D eigenvalue weighted by Gasteiger charge is 2.08. The minimum atomic E-state index is 0.00638. The van der Waals surface area contributed by atoms with E-state index in [4.69, 9.17) is 14.2 Å². The summed E-state index contributed by atoms with van der Waals surface area (Å²) in [5.41, 5.74) is 1.80. The number of guanidine groups is 1. The fourth-order valence-corrected chi connectivity index (χ4v) is 3.00. The molecule has 0 radical (unpaired) electrons. The Bertz CT molecular complexity index is 877. The molecule has 174 valence electrons. The van der Waals surface area contributed by atoms with Crippen LogP contribution in [0.15, 0.2) is 47.5 Å². The van der Waals surface area contributed by atoms with Gasteiger partial charge in [-0.05, 0) is 30.5 Å². The Morgan fingerprint density at radius 1 is 0.969 bits per heavy atom. The van der Waals surface area contributed by atoms with E-state index in [1.54, 1.807) is 46.3 Å². The van der Waals surface area contributed by atoms with Crippen LogP contribution < -0.4 is 24.8 Å². The Morgan fingerprint density at radius 2 is 1.62 bits per heavy atom. The SMILES string of the molecule is CN=C(NCCCOc1cc(OC)cc(OC)c1)NCCc1cccc(C(=O)N(C)C)c1. The summed E-state index contributed by atoms with van der Waals surface area (Å²) in [5, 5.41) is 6.58. The first kappa shape index (κ1) is 24.8. The number of rotatable bonds is 11. The zero-order valence-electron chi connectivity index (χ0n) is 19.6. The molecule has 0 spiro atoms. The molecule has 0 saturated carbocycles. The molecule has 2 N–H and O–H groups in total. The molecule has 2 aromatic rings. The van der Waals surface area contributed by atoms with Crippen LogP contribution in [0.4, 0.5) is 0 Å². The van der Waals surface area contributed by atoms with Crippen molar-refractivity contribution in [3.05, 3.63) is 53.6 Å². The Labute approximate surface area is 190 Å². The minimum absolute atomic E-state index is 0.00638. The van der Waals surface area contributed by atoms with Crippen molar-refractivity contribution < 1.29 is 19.0 Å². The van der Waals surface area contributed by atoms with Crippen molar-refractivity contribution in [1.29, 1.82) is 0 Å².